The Labute approximate surface area is 98.6 Å². The number of fused-ring (bicyclic) bond motifs is 3. The molecular formula is C13H13NOS. The molecule has 2 aromatic rings. The van der Waals surface area contributed by atoms with Crippen molar-refractivity contribution in [2.45, 2.75) is 25.9 Å². The molecule has 2 nitrogen and oxygen atoms in total. The van der Waals surface area contributed by atoms with E-state index in [1.807, 2.05) is 0 Å². The minimum atomic E-state index is 0.0498. The fourth-order valence-corrected chi connectivity index (χ4v) is 3.42. The van der Waals surface area contributed by atoms with Gasteiger partial charge in [0.15, 0.2) is 0 Å². The molecule has 0 aliphatic heterocycles. The first-order valence-corrected chi connectivity index (χ1v) is 6.30. The quantitative estimate of drug-likeness (QED) is 0.818. The highest BCUT2D eigenvalue weighted by atomic mass is 32.1. The maximum Gasteiger partial charge on any atom is 0.119 e. The molecule has 1 heterocycles. The molecule has 0 fully saturated rings. The van der Waals surface area contributed by atoms with Crippen molar-refractivity contribution in [2.75, 3.05) is 0 Å². The van der Waals surface area contributed by atoms with Crippen LogP contribution >= 0.6 is 11.3 Å². The molecule has 1 unspecified atom stereocenters. The molecule has 1 aliphatic carbocycles. The molecular weight excluding hydrogens is 218 g/mol. The van der Waals surface area contributed by atoms with E-state index in [-0.39, 0.29) is 6.61 Å². The Kier molecular flexibility index (Phi) is 2.30. The van der Waals surface area contributed by atoms with E-state index in [9.17, 15) is 0 Å². The molecule has 0 spiro atoms. The first kappa shape index (κ1) is 10.00. The SMILES string of the molecule is CC1Cc2sc(CO)nc2-c2ccccc21. The fraction of sp³-hybridized carbons (Fsp3) is 0.308. The highest BCUT2D eigenvalue weighted by Crippen LogP contribution is 2.41. The van der Waals surface area contributed by atoms with Crippen molar-refractivity contribution in [3.05, 3.63) is 39.7 Å². The molecule has 0 amide bonds. The summed E-state index contributed by atoms with van der Waals surface area (Å²) in [5, 5.41) is 9.98. The molecule has 0 radical (unpaired) electrons. The van der Waals surface area contributed by atoms with Crippen molar-refractivity contribution in [3.8, 4) is 11.3 Å². The Morgan fingerprint density at radius 2 is 2.25 bits per heavy atom. The van der Waals surface area contributed by atoms with E-state index >= 15 is 0 Å². The normalized spacial score (nSPS) is 18.0. The van der Waals surface area contributed by atoms with E-state index in [2.05, 4.69) is 36.2 Å². The van der Waals surface area contributed by atoms with Gasteiger partial charge < -0.3 is 5.11 Å². The lowest BCUT2D eigenvalue weighted by atomic mass is 9.86. The molecule has 0 saturated carbocycles. The van der Waals surface area contributed by atoms with E-state index in [1.54, 1.807) is 11.3 Å². The van der Waals surface area contributed by atoms with Gasteiger partial charge in [-0.3, -0.25) is 0 Å². The number of nitrogens with zero attached hydrogens (tertiary/aromatic N) is 1. The zero-order chi connectivity index (χ0) is 11.1. The van der Waals surface area contributed by atoms with Gasteiger partial charge in [-0.15, -0.1) is 11.3 Å². The van der Waals surface area contributed by atoms with Crippen LogP contribution in [-0.4, -0.2) is 10.1 Å². The minimum Gasteiger partial charge on any atom is -0.389 e. The van der Waals surface area contributed by atoms with Gasteiger partial charge in [0.2, 0.25) is 0 Å². The van der Waals surface area contributed by atoms with Crippen LogP contribution in [0.4, 0.5) is 0 Å². The van der Waals surface area contributed by atoms with Gasteiger partial charge in [0.25, 0.3) is 0 Å². The van der Waals surface area contributed by atoms with Crippen molar-refractivity contribution in [3.63, 3.8) is 0 Å². The lowest BCUT2D eigenvalue weighted by Gasteiger charge is -2.21. The Bertz CT molecular complexity index is 532. The summed E-state index contributed by atoms with van der Waals surface area (Å²) in [5.41, 5.74) is 3.71. The number of aromatic nitrogens is 1. The van der Waals surface area contributed by atoms with E-state index in [0.29, 0.717) is 5.92 Å². The van der Waals surface area contributed by atoms with Crippen molar-refractivity contribution in [1.29, 1.82) is 0 Å². The van der Waals surface area contributed by atoms with Gasteiger partial charge in [-0.1, -0.05) is 31.2 Å². The summed E-state index contributed by atoms with van der Waals surface area (Å²) in [6, 6.07) is 8.45. The number of hydrogen-bond acceptors (Lipinski definition) is 3. The van der Waals surface area contributed by atoms with Crippen LogP contribution in [0.5, 0.6) is 0 Å². The standard InChI is InChI=1S/C13H13NOS/c1-8-6-11-13(14-12(7-15)16-11)10-5-3-2-4-9(8)10/h2-5,8,15H,6-7H2,1H3. The molecule has 82 valence electrons. The predicted octanol–water partition coefficient (Wildman–Crippen LogP) is 2.96. The summed E-state index contributed by atoms with van der Waals surface area (Å²) in [4.78, 5) is 5.83. The first-order valence-electron chi connectivity index (χ1n) is 5.48. The summed E-state index contributed by atoms with van der Waals surface area (Å²) in [5.74, 6) is 0.552. The number of aliphatic hydroxyl groups excluding tert-OH is 1. The lowest BCUT2D eigenvalue weighted by molar-refractivity contribution is 0.281. The topological polar surface area (TPSA) is 33.1 Å². The van der Waals surface area contributed by atoms with Crippen LogP contribution < -0.4 is 0 Å². The second kappa shape index (κ2) is 3.68. The second-order valence-electron chi connectivity index (χ2n) is 4.23. The number of benzene rings is 1. The highest BCUT2D eigenvalue weighted by molar-refractivity contribution is 7.12. The average Bonchev–Trinajstić information content (AvgIpc) is 2.72. The minimum absolute atomic E-state index is 0.0498. The maximum atomic E-state index is 9.15. The second-order valence-corrected chi connectivity index (χ2v) is 5.40. The zero-order valence-corrected chi connectivity index (χ0v) is 9.92. The molecule has 3 heteroatoms. The maximum absolute atomic E-state index is 9.15. The molecule has 1 aliphatic rings. The van der Waals surface area contributed by atoms with Crippen LogP contribution in [0.15, 0.2) is 24.3 Å². The van der Waals surface area contributed by atoms with Crippen LogP contribution in [0.2, 0.25) is 0 Å². The number of thiazole rings is 1. The molecule has 1 atom stereocenters. The summed E-state index contributed by atoms with van der Waals surface area (Å²) in [7, 11) is 0. The van der Waals surface area contributed by atoms with E-state index < -0.39 is 0 Å². The third-order valence-corrected chi connectivity index (χ3v) is 4.18. The molecule has 1 aromatic carbocycles. The highest BCUT2D eigenvalue weighted by Gasteiger charge is 2.24. The summed E-state index contributed by atoms with van der Waals surface area (Å²) in [6.07, 6.45) is 1.05. The van der Waals surface area contributed by atoms with Crippen LogP contribution in [-0.2, 0) is 13.0 Å². The smallest absolute Gasteiger partial charge is 0.119 e. The van der Waals surface area contributed by atoms with Gasteiger partial charge in [0.1, 0.15) is 5.01 Å². The van der Waals surface area contributed by atoms with Gasteiger partial charge in [0, 0.05) is 10.4 Å². The van der Waals surface area contributed by atoms with Crippen LogP contribution in [0.1, 0.15) is 28.3 Å². The lowest BCUT2D eigenvalue weighted by Crippen LogP contribution is -2.06. The first-order chi connectivity index (χ1) is 7.79. The third-order valence-electron chi connectivity index (χ3n) is 3.12. The van der Waals surface area contributed by atoms with E-state index in [1.165, 1.54) is 16.0 Å². The Morgan fingerprint density at radius 1 is 1.44 bits per heavy atom. The van der Waals surface area contributed by atoms with E-state index in [4.69, 9.17) is 5.11 Å². The zero-order valence-electron chi connectivity index (χ0n) is 9.10. The molecule has 3 rings (SSSR count). The molecule has 1 aromatic heterocycles. The number of aliphatic hydroxyl groups is 1. The van der Waals surface area contributed by atoms with Crippen molar-refractivity contribution in [2.24, 2.45) is 0 Å². The van der Waals surface area contributed by atoms with Crippen molar-refractivity contribution in [1.82, 2.24) is 4.98 Å². The monoisotopic (exact) mass is 231 g/mol. The van der Waals surface area contributed by atoms with Gasteiger partial charge in [0.05, 0.1) is 12.3 Å². The van der Waals surface area contributed by atoms with Crippen LogP contribution in [0.25, 0.3) is 11.3 Å². The van der Waals surface area contributed by atoms with Gasteiger partial charge in [-0.2, -0.15) is 0 Å². The predicted molar refractivity (Wildman–Crippen MR) is 65.6 cm³/mol. The van der Waals surface area contributed by atoms with Crippen LogP contribution in [0.3, 0.4) is 0 Å². The largest absolute Gasteiger partial charge is 0.389 e. The Morgan fingerprint density at radius 3 is 3.06 bits per heavy atom. The fourth-order valence-electron chi connectivity index (χ4n) is 2.35. The van der Waals surface area contributed by atoms with Crippen LogP contribution in [0, 0.1) is 0 Å². The van der Waals surface area contributed by atoms with E-state index in [0.717, 1.165) is 17.1 Å². The van der Waals surface area contributed by atoms with Gasteiger partial charge in [-0.25, -0.2) is 4.98 Å². The Balaban J connectivity index is 2.22. The molecule has 1 N–H and O–H groups in total. The summed E-state index contributed by atoms with van der Waals surface area (Å²) < 4.78 is 0. The van der Waals surface area contributed by atoms with Crippen molar-refractivity contribution < 1.29 is 5.11 Å². The van der Waals surface area contributed by atoms with Crippen molar-refractivity contribution >= 4 is 11.3 Å². The Hall–Kier alpha value is -1.19. The number of hydrogen-bond donors (Lipinski definition) is 1. The summed E-state index contributed by atoms with van der Waals surface area (Å²) >= 11 is 1.64. The van der Waals surface area contributed by atoms with Gasteiger partial charge in [-0.05, 0) is 17.9 Å². The third kappa shape index (κ3) is 1.39. The number of rotatable bonds is 1. The average molecular weight is 231 g/mol. The molecule has 0 saturated heterocycles. The molecule has 16 heavy (non-hydrogen) atoms. The molecule has 0 bridgehead atoms. The summed E-state index contributed by atoms with van der Waals surface area (Å²) in [6.45, 7) is 2.30. The van der Waals surface area contributed by atoms with Gasteiger partial charge >= 0.3 is 0 Å².